The maximum Gasteiger partial charge on any atom is 0.264 e. The van der Waals surface area contributed by atoms with E-state index in [2.05, 4.69) is 4.98 Å². The third-order valence-corrected chi connectivity index (χ3v) is 7.23. The summed E-state index contributed by atoms with van der Waals surface area (Å²) in [4.78, 5) is 19.9. The van der Waals surface area contributed by atoms with E-state index >= 15 is 0 Å². The fourth-order valence-electron chi connectivity index (χ4n) is 3.84. The largest absolute Gasteiger partial charge is 0.337 e. The first-order chi connectivity index (χ1) is 11.8. The molecule has 2 aromatic heterocycles. The summed E-state index contributed by atoms with van der Waals surface area (Å²) in [5, 5.41) is 1.92. The van der Waals surface area contributed by atoms with Crippen LogP contribution in [0.4, 0.5) is 5.69 Å². The third kappa shape index (κ3) is 2.55. The van der Waals surface area contributed by atoms with Gasteiger partial charge < -0.3 is 4.90 Å². The Labute approximate surface area is 151 Å². The van der Waals surface area contributed by atoms with Crippen LogP contribution in [0, 0.1) is 6.92 Å². The van der Waals surface area contributed by atoms with E-state index in [1.807, 2.05) is 23.3 Å². The van der Waals surface area contributed by atoms with Crippen molar-refractivity contribution in [3.8, 4) is 0 Å². The molecular weight excluding hydrogens is 358 g/mol. The number of rotatable bonds is 2. The van der Waals surface area contributed by atoms with Crippen molar-refractivity contribution in [1.29, 1.82) is 0 Å². The van der Waals surface area contributed by atoms with Crippen molar-refractivity contribution in [3.05, 3.63) is 45.9 Å². The molecule has 0 bridgehead atoms. The zero-order valence-electron chi connectivity index (χ0n) is 14.1. The summed E-state index contributed by atoms with van der Waals surface area (Å²) in [7, 11) is -3.38. The molecule has 132 valence electrons. The van der Waals surface area contributed by atoms with E-state index < -0.39 is 15.4 Å². The molecule has 0 aliphatic carbocycles. The van der Waals surface area contributed by atoms with E-state index in [0.29, 0.717) is 25.3 Å². The van der Waals surface area contributed by atoms with Gasteiger partial charge in [-0.3, -0.25) is 14.1 Å². The average molecular weight is 377 g/mol. The van der Waals surface area contributed by atoms with Crippen LogP contribution < -0.4 is 4.31 Å². The Bertz CT molecular complexity index is 954. The zero-order valence-corrected chi connectivity index (χ0v) is 15.7. The number of aryl methyl sites for hydroxylation is 1. The van der Waals surface area contributed by atoms with Gasteiger partial charge in [-0.2, -0.15) is 0 Å². The van der Waals surface area contributed by atoms with E-state index in [9.17, 15) is 13.2 Å². The summed E-state index contributed by atoms with van der Waals surface area (Å²) in [5.41, 5.74) is 2.00. The zero-order chi connectivity index (χ0) is 17.8. The van der Waals surface area contributed by atoms with Gasteiger partial charge in [0.05, 0.1) is 27.9 Å². The lowest BCUT2D eigenvalue weighted by Crippen LogP contribution is -2.40. The summed E-state index contributed by atoms with van der Waals surface area (Å²) >= 11 is 1.45. The molecular formula is C17H19N3O3S2. The number of amides is 1. The van der Waals surface area contributed by atoms with Gasteiger partial charge in [0.15, 0.2) is 0 Å². The normalized spacial score (nSPS) is 22.6. The molecule has 0 N–H and O–H groups in total. The van der Waals surface area contributed by atoms with Crippen molar-refractivity contribution in [2.45, 2.75) is 18.8 Å². The quantitative estimate of drug-likeness (QED) is 0.803. The molecule has 1 fully saturated rings. The number of fused-ring (bicyclic) bond motifs is 2. The second-order valence-electron chi connectivity index (χ2n) is 6.83. The lowest BCUT2D eigenvalue weighted by molar-refractivity contribution is 0.0788. The van der Waals surface area contributed by atoms with Crippen LogP contribution in [-0.4, -0.2) is 50.1 Å². The standard InChI is InChI=1S/C17H19N3O3S2/c1-12-5-9-24-14(12)16(21)19-8-6-17(10-19)11-20(25(2,22)23)13-4-3-7-18-15(13)17/h3-5,7,9H,6,8,10-11H2,1-2H3/t17-/m1/s1. The average Bonchev–Trinajstić information content (AvgIpc) is 3.26. The van der Waals surface area contributed by atoms with E-state index in [1.54, 1.807) is 18.3 Å². The van der Waals surface area contributed by atoms with Gasteiger partial charge in [-0.05, 0) is 42.5 Å². The van der Waals surface area contributed by atoms with Crippen molar-refractivity contribution >= 4 is 33.0 Å². The molecule has 1 saturated heterocycles. The Kier molecular flexibility index (Phi) is 3.66. The molecule has 2 aliphatic rings. The van der Waals surface area contributed by atoms with Crippen molar-refractivity contribution < 1.29 is 13.2 Å². The third-order valence-electron chi connectivity index (χ3n) is 5.10. The first-order valence-corrected chi connectivity index (χ1v) is 10.8. The lowest BCUT2D eigenvalue weighted by atomic mass is 9.85. The van der Waals surface area contributed by atoms with Crippen LogP contribution in [-0.2, 0) is 15.4 Å². The van der Waals surface area contributed by atoms with Crippen LogP contribution in [0.5, 0.6) is 0 Å². The summed E-state index contributed by atoms with van der Waals surface area (Å²) in [6.45, 7) is 3.40. The molecule has 0 radical (unpaired) electrons. The number of nitrogens with zero attached hydrogens (tertiary/aromatic N) is 3. The minimum absolute atomic E-state index is 0.0275. The fraction of sp³-hybridized carbons (Fsp3) is 0.412. The molecule has 25 heavy (non-hydrogen) atoms. The van der Waals surface area contributed by atoms with Gasteiger partial charge in [-0.15, -0.1) is 11.3 Å². The number of pyridine rings is 1. The molecule has 2 aliphatic heterocycles. The highest BCUT2D eigenvalue weighted by Gasteiger charge is 2.51. The SMILES string of the molecule is Cc1ccsc1C(=O)N1CC[C@@]2(C1)CN(S(C)(=O)=O)c1cccnc12. The predicted molar refractivity (Wildman–Crippen MR) is 97.7 cm³/mol. The molecule has 2 aromatic rings. The number of carbonyl (C=O) groups excluding carboxylic acids is 1. The highest BCUT2D eigenvalue weighted by molar-refractivity contribution is 7.92. The van der Waals surface area contributed by atoms with Crippen LogP contribution in [0.1, 0.15) is 27.3 Å². The fourth-order valence-corrected chi connectivity index (χ4v) is 5.72. The predicted octanol–water partition coefficient (Wildman–Crippen LogP) is 2.02. The van der Waals surface area contributed by atoms with Gasteiger partial charge >= 0.3 is 0 Å². The molecule has 8 heteroatoms. The number of thiophene rings is 1. The van der Waals surface area contributed by atoms with Crippen LogP contribution in [0.2, 0.25) is 0 Å². The Hall–Kier alpha value is -1.93. The molecule has 6 nitrogen and oxygen atoms in total. The number of likely N-dealkylation sites (tertiary alicyclic amines) is 1. The van der Waals surface area contributed by atoms with Gasteiger partial charge in [0, 0.05) is 25.8 Å². The molecule has 0 aromatic carbocycles. The molecule has 4 rings (SSSR count). The molecule has 1 atom stereocenters. The van der Waals surface area contributed by atoms with E-state index in [0.717, 1.165) is 22.6 Å². The van der Waals surface area contributed by atoms with E-state index in [-0.39, 0.29) is 5.91 Å². The van der Waals surface area contributed by atoms with Crippen LogP contribution in [0.3, 0.4) is 0 Å². The van der Waals surface area contributed by atoms with Gasteiger partial charge in [-0.25, -0.2) is 8.42 Å². The number of hydrogen-bond acceptors (Lipinski definition) is 5. The summed E-state index contributed by atoms with van der Waals surface area (Å²) < 4.78 is 25.8. The topological polar surface area (TPSA) is 70.6 Å². The minimum atomic E-state index is -3.38. The van der Waals surface area contributed by atoms with Crippen LogP contribution in [0.25, 0.3) is 0 Å². The number of hydrogen-bond donors (Lipinski definition) is 0. The molecule has 0 saturated carbocycles. The first-order valence-electron chi connectivity index (χ1n) is 8.08. The number of sulfonamides is 1. The second-order valence-corrected chi connectivity index (χ2v) is 9.65. The van der Waals surface area contributed by atoms with E-state index in [4.69, 9.17) is 0 Å². The maximum absolute atomic E-state index is 12.8. The summed E-state index contributed by atoms with van der Waals surface area (Å²) in [5.74, 6) is 0.0275. The van der Waals surface area contributed by atoms with Crippen molar-refractivity contribution in [2.24, 2.45) is 0 Å². The van der Waals surface area contributed by atoms with Gasteiger partial charge in [-0.1, -0.05) is 0 Å². The van der Waals surface area contributed by atoms with Crippen LogP contribution >= 0.6 is 11.3 Å². The summed E-state index contributed by atoms with van der Waals surface area (Å²) in [6.07, 6.45) is 3.63. The Morgan fingerprint density at radius 1 is 1.32 bits per heavy atom. The van der Waals surface area contributed by atoms with E-state index in [1.165, 1.54) is 21.9 Å². The Balaban J connectivity index is 1.68. The maximum atomic E-state index is 12.8. The number of aromatic nitrogens is 1. The van der Waals surface area contributed by atoms with Gasteiger partial charge in [0.2, 0.25) is 10.0 Å². The number of anilines is 1. The highest BCUT2D eigenvalue weighted by atomic mass is 32.2. The lowest BCUT2D eigenvalue weighted by Gasteiger charge is -2.24. The Morgan fingerprint density at radius 3 is 2.80 bits per heavy atom. The number of carbonyl (C=O) groups is 1. The minimum Gasteiger partial charge on any atom is -0.337 e. The van der Waals surface area contributed by atoms with Crippen molar-refractivity contribution in [2.75, 3.05) is 30.2 Å². The molecule has 4 heterocycles. The van der Waals surface area contributed by atoms with Crippen molar-refractivity contribution in [3.63, 3.8) is 0 Å². The van der Waals surface area contributed by atoms with Crippen molar-refractivity contribution in [1.82, 2.24) is 9.88 Å². The molecule has 1 amide bonds. The molecule has 1 spiro atoms. The summed E-state index contributed by atoms with van der Waals surface area (Å²) in [6, 6.07) is 5.50. The second kappa shape index (κ2) is 5.54. The monoisotopic (exact) mass is 377 g/mol. The molecule has 0 unspecified atom stereocenters. The van der Waals surface area contributed by atoms with Gasteiger partial charge in [0.1, 0.15) is 0 Å². The highest BCUT2D eigenvalue weighted by Crippen LogP contribution is 2.46. The first kappa shape index (κ1) is 16.5. The van der Waals surface area contributed by atoms with Gasteiger partial charge in [0.25, 0.3) is 5.91 Å². The Morgan fingerprint density at radius 2 is 2.12 bits per heavy atom. The van der Waals surface area contributed by atoms with Crippen LogP contribution in [0.15, 0.2) is 29.8 Å². The smallest absolute Gasteiger partial charge is 0.264 e.